The number of hydrogen-bond acceptors (Lipinski definition) is 4. The Morgan fingerprint density at radius 1 is 1.62 bits per heavy atom. The van der Waals surface area contributed by atoms with Crippen LogP contribution in [0.1, 0.15) is 18.5 Å². The lowest BCUT2D eigenvalue weighted by atomic mass is 10.1. The molecule has 13 heavy (non-hydrogen) atoms. The highest BCUT2D eigenvalue weighted by molar-refractivity contribution is 5.48. The topological polar surface area (TPSA) is 89.4 Å². The van der Waals surface area contributed by atoms with Crippen molar-refractivity contribution in [3.05, 3.63) is 33.9 Å². The molecule has 1 aromatic rings. The van der Waals surface area contributed by atoms with Gasteiger partial charge >= 0.3 is 5.69 Å². The normalized spacial score (nSPS) is 12.5. The summed E-state index contributed by atoms with van der Waals surface area (Å²) in [6, 6.07) is 3.84. The number of nitrogens with zero attached hydrogens (tertiary/aromatic N) is 1. The number of nitro benzene ring substituents is 1. The average Bonchev–Trinajstić information content (AvgIpc) is 2.04. The highest BCUT2D eigenvalue weighted by Gasteiger charge is 2.14. The summed E-state index contributed by atoms with van der Waals surface area (Å²) in [5.41, 5.74) is 5.85. The summed E-state index contributed by atoms with van der Waals surface area (Å²) in [5, 5.41) is 19.5. The van der Waals surface area contributed by atoms with Crippen molar-refractivity contribution in [1.29, 1.82) is 0 Å². The summed E-state index contributed by atoms with van der Waals surface area (Å²) in [5.74, 6) is -0.339. The van der Waals surface area contributed by atoms with Gasteiger partial charge in [0, 0.05) is 12.1 Å². The van der Waals surface area contributed by atoms with Crippen LogP contribution in [0.15, 0.2) is 18.2 Å². The standard InChI is InChI=1S/C8H10N2O3/c1-5(9)6-2-3-8(11)7(4-6)10(12)13/h2-5,11H,9H2,1H3. The highest BCUT2D eigenvalue weighted by Crippen LogP contribution is 2.27. The third-order valence-corrected chi connectivity index (χ3v) is 1.72. The van der Waals surface area contributed by atoms with Gasteiger partial charge in [0.2, 0.25) is 0 Å². The van der Waals surface area contributed by atoms with Crippen LogP contribution in [0.3, 0.4) is 0 Å². The predicted molar refractivity (Wildman–Crippen MR) is 47.4 cm³/mol. The third kappa shape index (κ3) is 1.94. The summed E-state index contributed by atoms with van der Waals surface area (Å²) < 4.78 is 0. The number of benzene rings is 1. The zero-order chi connectivity index (χ0) is 10.0. The molecule has 5 heteroatoms. The Balaban J connectivity index is 3.19. The molecule has 0 aliphatic carbocycles. The van der Waals surface area contributed by atoms with Gasteiger partial charge < -0.3 is 10.8 Å². The maximum Gasteiger partial charge on any atom is 0.311 e. The second-order valence-electron chi connectivity index (χ2n) is 2.79. The second-order valence-corrected chi connectivity index (χ2v) is 2.79. The van der Waals surface area contributed by atoms with Crippen LogP contribution in [0.25, 0.3) is 0 Å². The fourth-order valence-electron chi connectivity index (χ4n) is 0.970. The minimum absolute atomic E-state index is 0.278. The van der Waals surface area contributed by atoms with Crippen molar-refractivity contribution in [2.24, 2.45) is 5.73 Å². The lowest BCUT2D eigenvalue weighted by Crippen LogP contribution is -2.05. The van der Waals surface area contributed by atoms with Crippen molar-refractivity contribution >= 4 is 5.69 Å². The summed E-state index contributed by atoms with van der Waals surface area (Å²) in [4.78, 5) is 9.76. The van der Waals surface area contributed by atoms with Gasteiger partial charge in [-0.15, -0.1) is 0 Å². The molecule has 1 rings (SSSR count). The molecular weight excluding hydrogens is 172 g/mol. The van der Waals surface area contributed by atoms with E-state index in [4.69, 9.17) is 10.8 Å². The van der Waals surface area contributed by atoms with Crippen molar-refractivity contribution in [1.82, 2.24) is 0 Å². The Labute approximate surface area is 74.9 Å². The van der Waals surface area contributed by atoms with Crippen LogP contribution in [0.4, 0.5) is 5.69 Å². The summed E-state index contributed by atoms with van der Waals surface area (Å²) >= 11 is 0. The minimum atomic E-state index is -0.638. The van der Waals surface area contributed by atoms with Gasteiger partial charge in [-0.05, 0) is 18.6 Å². The summed E-state index contributed by atoms with van der Waals surface area (Å²) in [6.07, 6.45) is 0. The first-order valence-corrected chi connectivity index (χ1v) is 3.75. The Bertz CT molecular complexity index is 336. The van der Waals surface area contributed by atoms with Crippen molar-refractivity contribution in [3.8, 4) is 5.75 Å². The molecule has 0 fully saturated rings. The molecule has 0 aliphatic rings. The first-order chi connectivity index (χ1) is 6.02. The van der Waals surface area contributed by atoms with Crippen LogP contribution < -0.4 is 5.73 Å². The minimum Gasteiger partial charge on any atom is -0.502 e. The molecule has 0 radical (unpaired) electrons. The van der Waals surface area contributed by atoms with E-state index < -0.39 is 4.92 Å². The zero-order valence-electron chi connectivity index (χ0n) is 7.10. The van der Waals surface area contributed by atoms with Gasteiger partial charge in [-0.3, -0.25) is 10.1 Å². The van der Waals surface area contributed by atoms with Crippen LogP contribution in [-0.4, -0.2) is 10.0 Å². The quantitative estimate of drug-likeness (QED) is 0.533. The van der Waals surface area contributed by atoms with Crippen molar-refractivity contribution < 1.29 is 10.0 Å². The molecule has 1 atom stereocenters. The fraction of sp³-hybridized carbons (Fsp3) is 0.250. The molecule has 0 heterocycles. The molecule has 0 spiro atoms. The van der Waals surface area contributed by atoms with Crippen LogP contribution in [0.5, 0.6) is 5.75 Å². The van der Waals surface area contributed by atoms with Crippen LogP contribution in [-0.2, 0) is 0 Å². The van der Waals surface area contributed by atoms with Gasteiger partial charge in [-0.1, -0.05) is 6.07 Å². The maximum atomic E-state index is 10.4. The molecule has 70 valence electrons. The van der Waals surface area contributed by atoms with Gasteiger partial charge in [0.15, 0.2) is 5.75 Å². The number of phenols is 1. The number of aromatic hydroxyl groups is 1. The number of nitro groups is 1. The first-order valence-electron chi connectivity index (χ1n) is 3.75. The molecule has 1 unspecified atom stereocenters. The summed E-state index contributed by atoms with van der Waals surface area (Å²) in [6.45, 7) is 1.72. The van der Waals surface area contributed by atoms with E-state index in [1.165, 1.54) is 12.1 Å². The third-order valence-electron chi connectivity index (χ3n) is 1.72. The van der Waals surface area contributed by atoms with Gasteiger partial charge in [0.05, 0.1) is 4.92 Å². The van der Waals surface area contributed by atoms with Crippen molar-refractivity contribution in [2.75, 3.05) is 0 Å². The maximum absolute atomic E-state index is 10.4. The molecule has 1 aromatic carbocycles. The number of hydrogen-bond donors (Lipinski definition) is 2. The van der Waals surface area contributed by atoms with E-state index in [1.807, 2.05) is 0 Å². The number of nitrogens with two attached hydrogens (primary N) is 1. The first kappa shape index (κ1) is 9.47. The van der Waals surface area contributed by atoms with E-state index in [1.54, 1.807) is 13.0 Å². The van der Waals surface area contributed by atoms with Crippen molar-refractivity contribution in [3.63, 3.8) is 0 Å². The zero-order valence-corrected chi connectivity index (χ0v) is 7.10. The average molecular weight is 182 g/mol. The van der Waals surface area contributed by atoms with E-state index in [-0.39, 0.29) is 17.5 Å². The fourth-order valence-corrected chi connectivity index (χ4v) is 0.970. The lowest BCUT2D eigenvalue weighted by Gasteiger charge is -2.04. The molecule has 0 saturated heterocycles. The monoisotopic (exact) mass is 182 g/mol. The van der Waals surface area contributed by atoms with E-state index in [9.17, 15) is 10.1 Å². The molecular formula is C8H10N2O3. The molecule has 0 bridgehead atoms. The summed E-state index contributed by atoms with van der Waals surface area (Å²) in [7, 11) is 0. The smallest absolute Gasteiger partial charge is 0.311 e. The number of phenolic OH excluding ortho intramolecular Hbond substituents is 1. The molecule has 3 N–H and O–H groups in total. The van der Waals surface area contributed by atoms with E-state index >= 15 is 0 Å². The van der Waals surface area contributed by atoms with E-state index in [0.29, 0.717) is 5.56 Å². The Hall–Kier alpha value is -1.62. The molecule has 0 saturated carbocycles. The number of rotatable bonds is 2. The molecule has 0 amide bonds. The SMILES string of the molecule is CC(N)c1ccc(O)c([N+](=O)[O-])c1. The molecule has 5 nitrogen and oxygen atoms in total. The second kappa shape index (κ2) is 3.40. The Morgan fingerprint density at radius 2 is 2.23 bits per heavy atom. The lowest BCUT2D eigenvalue weighted by molar-refractivity contribution is -0.385. The highest BCUT2D eigenvalue weighted by atomic mass is 16.6. The van der Waals surface area contributed by atoms with E-state index in [0.717, 1.165) is 0 Å². The van der Waals surface area contributed by atoms with Crippen LogP contribution in [0, 0.1) is 10.1 Å². The van der Waals surface area contributed by atoms with E-state index in [2.05, 4.69) is 0 Å². The van der Waals surface area contributed by atoms with Gasteiger partial charge in [0.25, 0.3) is 0 Å². The van der Waals surface area contributed by atoms with Crippen LogP contribution >= 0.6 is 0 Å². The Morgan fingerprint density at radius 3 is 2.69 bits per heavy atom. The van der Waals surface area contributed by atoms with Crippen LogP contribution in [0.2, 0.25) is 0 Å². The largest absolute Gasteiger partial charge is 0.502 e. The Kier molecular flexibility index (Phi) is 2.48. The predicted octanol–water partition coefficient (Wildman–Crippen LogP) is 1.32. The van der Waals surface area contributed by atoms with Gasteiger partial charge in [-0.2, -0.15) is 0 Å². The van der Waals surface area contributed by atoms with Gasteiger partial charge in [-0.25, -0.2) is 0 Å². The molecule has 0 aliphatic heterocycles. The van der Waals surface area contributed by atoms with Gasteiger partial charge in [0.1, 0.15) is 0 Å². The molecule has 0 aromatic heterocycles. The van der Waals surface area contributed by atoms with Crippen molar-refractivity contribution in [2.45, 2.75) is 13.0 Å².